The number of benzene rings is 1. The number of hydrogen-bond acceptors (Lipinski definition) is 4. The molecule has 0 radical (unpaired) electrons. The van der Waals surface area contributed by atoms with Crippen LogP contribution in [0, 0.1) is 6.92 Å². The molecule has 122 valence electrons. The summed E-state index contributed by atoms with van der Waals surface area (Å²) < 4.78 is 5.56. The van der Waals surface area contributed by atoms with Crippen LogP contribution in [-0.4, -0.2) is 34.2 Å². The highest BCUT2D eigenvalue weighted by atomic mass is 35.5. The van der Waals surface area contributed by atoms with Gasteiger partial charge in [0.1, 0.15) is 0 Å². The van der Waals surface area contributed by atoms with Crippen molar-refractivity contribution >= 4 is 23.2 Å². The Morgan fingerprint density at radius 2 is 2.04 bits per heavy atom. The molecule has 2 aromatic rings. The smallest absolute Gasteiger partial charge is 0.231 e. The van der Waals surface area contributed by atoms with Gasteiger partial charge in [-0.15, -0.1) is 0 Å². The average Bonchev–Trinajstić information content (AvgIpc) is 3.03. The Morgan fingerprint density at radius 3 is 2.74 bits per heavy atom. The Bertz CT molecular complexity index is 732. The Morgan fingerprint density at radius 1 is 1.22 bits per heavy atom. The molecule has 0 amide bonds. The molecular formula is C17H19Cl2N3O. The summed E-state index contributed by atoms with van der Waals surface area (Å²) in [5.41, 5.74) is 1.21. The van der Waals surface area contributed by atoms with Gasteiger partial charge in [0.15, 0.2) is 5.82 Å². The number of nitrogens with zero attached hydrogens (tertiary/aromatic N) is 3. The van der Waals surface area contributed by atoms with Gasteiger partial charge < -0.3 is 4.52 Å². The topological polar surface area (TPSA) is 42.2 Å². The zero-order chi connectivity index (χ0) is 16.1. The number of likely N-dealkylation sites (N-methyl/N-ethyl adjacent to an activating group) is 1. The van der Waals surface area contributed by atoms with E-state index in [0.717, 1.165) is 12.3 Å². The van der Waals surface area contributed by atoms with Crippen LogP contribution in [0.2, 0.25) is 10.0 Å². The van der Waals surface area contributed by atoms with Gasteiger partial charge in [-0.05, 0) is 56.8 Å². The van der Waals surface area contributed by atoms with Crippen LogP contribution in [0.4, 0.5) is 0 Å². The molecule has 3 heterocycles. The normalized spacial score (nSPS) is 30.8. The molecule has 0 N–H and O–H groups in total. The molecule has 0 spiro atoms. The van der Waals surface area contributed by atoms with Crippen LogP contribution in [-0.2, 0) is 0 Å². The summed E-state index contributed by atoms with van der Waals surface area (Å²) in [6, 6.07) is 7.01. The highest BCUT2D eigenvalue weighted by Gasteiger charge is 2.48. The molecular weight excluding hydrogens is 333 g/mol. The minimum atomic E-state index is 0.206. The summed E-state index contributed by atoms with van der Waals surface area (Å²) in [6.45, 7) is 1.87. The first-order valence-electron chi connectivity index (χ1n) is 8.01. The summed E-state index contributed by atoms with van der Waals surface area (Å²) in [6.07, 6.45) is 3.48. The second-order valence-corrected chi connectivity index (χ2v) is 7.50. The molecule has 2 saturated heterocycles. The van der Waals surface area contributed by atoms with E-state index in [1.54, 1.807) is 0 Å². The third-order valence-corrected chi connectivity index (χ3v) is 6.21. The van der Waals surface area contributed by atoms with Crippen LogP contribution in [0.5, 0.6) is 0 Å². The van der Waals surface area contributed by atoms with Crippen LogP contribution in [0.15, 0.2) is 22.7 Å². The van der Waals surface area contributed by atoms with Crippen molar-refractivity contribution in [3.05, 3.63) is 45.5 Å². The van der Waals surface area contributed by atoms with E-state index in [0.29, 0.717) is 33.9 Å². The standard InChI is InChI=1S/C17H19Cl2N3O/c1-9-20-17(23-21-9)16-12(8-11-4-6-15(16)22(11)2)10-3-5-13(18)14(19)7-10/h3,5,7,11-12,15-16H,4,6,8H2,1-2H3/t11-,12+,15+,16+/m0/s1. The second kappa shape index (κ2) is 5.76. The lowest BCUT2D eigenvalue weighted by Gasteiger charge is -2.41. The second-order valence-electron chi connectivity index (χ2n) is 6.69. The quantitative estimate of drug-likeness (QED) is 0.802. The van der Waals surface area contributed by atoms with Crippen molar-refractivity contribution in [1.82, 2.24) is 15.0 Å². The van der Waals surface area contributed by atoms with E-state index in [-0.39, 0.29) is 5.92 Å². The minimum absolute atomic E-state index is 0.206. The van der Waals surface area contributed by atoms with Crippen LogP contribution in [0.3, 0.4) is 0 Å². The van der Waals surface area contributed by atoms with Crippen molar-refractivity contribution < 1.29 is 4.52 Å². The number of rotatable bonds is 2. The van der Waals surface area contributed by atoms with Crippen molar-refractivity contribution in [2.45, 2.75) is 50.1 Å². The summed E-state index contributed by atoms with van der Waals surface area (Å²) in [5, 5.41) is 5.21. The fourth-order valence-corrected chi connectivity index (χ4v) is 4.64. The van der Waals surface area contributed by atoms with Crippen molar-refractivity contribution in [3.8, 4) is 0 Å². The summed E-state index contributed by atoms with van der Waals surface area (Å²) in [4.78, 5) is 7.02. The average molecular weight is 352 g/mol. The predicted octanol–water partition coefficient (Wildman–Crippen LogP) is 4.42. The third kappa shape index (κ3) is 2.57. The maximum atomic E-state index is 6.25. The molecule has 4 atom stereocenters. The third-order valence-electron chi connectivity index (χ3n) is 5.47. The molecule has 23 heavy (non-hydrogen) atoms. The van der Waals surface area contributed by atoms with E-state index in [4.69, 9.17) is 27.7 Å². The molecule has 1 aromatic carbocycles. The fraction of sp³-hybridized carbons (Fsp3) is 0.529. The molecule has 0 saturated carbocycles. The number of piperidine rings is 1. The Labute approximate surface area is 145 Å². The number of aromatic nitrogens is 2. The maximum absolute atomic E-state index is 6.25. The van der Waals surface area contributed by atoms with Gasteiger partial charge in [0, 0.05) is 12.1 Å². The maximum Gasteiger partial charge on any atom is 0.231 e. The first kappa shape index (κ1) is 15.4. The van der Waals surface area contributed by atoms with Crippen molar-refractivity contribution in [1.29, 1.82) is 0 Å². The zero-order valence-electron chi connectivity index (χ0n) is 13.2. The van der Waals surface area contributed by atoms with Gasteiger partial charge >= 0.3 is 0 Å². The van der Waals surface area contributed by atoms with Crippen molar-refractivity contribution in [2.75, 3.05) is 7.05 Å². The molecule has 4 rings (SSSR count). The Balaban J connectivity index is 1.77. The zero-order valence-corrected chi connectivity index (χ0v) is 14.7. The first-order valence-corrected chi connectivity index (χ1v) is 8.77. The van der Waals surface area contributed by atoms with E-state index >= 15 is 0 Å². The van der Waals surface area contributed by atoms with E-state index in [9.17, 15) is 0 Å². The van der Waals surface area contributed by atoms with Gasteiger partial charge in [0.25, 0.3) is 0 Å². The van der Waals surface area contributed by atoms with Gasteiger partial charge in [-0.2, -0.15) is 4.98 Å². The summed E-state index contributed by atoms with van der Waals surface area (Å²) >= 11 is 12.3. The van der Waals surface area contributed by atoms with Crippen molar-refractivity contribution in [3.63, 3.8) is 0 Å². The van der Waals surface area contributed by atoms with Gasteiger partial charge in [0.05, 0.1) is 16.0 Å². The molecule has 6 heteroatoms. The van der Waals surface area contributed by atoms with Crippen LogP contribution in [0.25, 0.3) is 0 Å². The van der Waals surface area contributed by atoms with Gasteiger partial charge in [-0.25, -0.2) is 0 Å². The fourth-order valence-electron chi connectivity index (χ4n) is 4.34. The molecule has 0 unspecified atom stereocenters. The predicted molar refractivity (Wildman–Crippen MR) is 90.2 cm³/mol. The summed E-state index contributed by atoms with van der Waals surface area (Å²) in [5.74, 6) is 1.97. The lowest BCUT2D eigenvalue weighted by atomic mass is 9.76. The lowest BCUT2D eigenvalue weighted by molar-refractivity contribution is 0.120. The Hall–Kier alpha value is -1.10. The van der Waals surface area contributed by atoms with Crippen LogP contribution in [0.1, 0.15) is 48.4 Å². The largest absolute Gasteiger partial charge is 0.339 e. The molecule has 2 fully saturated rings. The molecule has 1 aromatic heterocycles. The van der Waals surface area contributed by atoms with Crippen LogP contribution >= 0.6 is 23.2 Å². The van der Waals surface area contributed by atoms with E-state index < -0.39 is 0 Å². The van der Waals surface area contributed by atoms with E-state index in [1.165, 1.54) is 18.4 Å². The van der Waals surface area contributed by atoms with Crippen LogP contribution < -0.4 is 0 Å². The van der Waals surface area contributed by atoms with E-state index in [1.807, 2.05) is 19.1 Å². The molecule has 2 aliphatic heterocycles. The lowest BCUT2D eigenvalue weighted by Crippen LogP contribution is -2.44. The number of fused-ring (bicyclic) bond motifs is 2. The van der Waals surface area contributed by atoms with Gasteiger partial charge in [-0.3, -0.25) is 4.90 Å². The highest BCUT2D eigenvalue weighted by Crippen LogP contribution is 2.50. The van der Waals surface area contributed by atoms with Crippen molar-refractivity contribution in [2.24, 2.45) is 0 Å². The minimum Gasteiger partial charge on any atom is -0.339 e. The van der Waals surface area contributed by atoms with Gasteiger partial charge in [-0.1, -0.05) is 34.4 Å². The number of hydrogen-bond donors (Lipinski definition) is 0. The SMILES string of the molecule is Cc1noc([C@@H]2[C@@H](c3ccc(Cl)c(Cl)c3)C[C@@H]3CC[C@H]2N3C)n1. The Kier molecular flexibility index (Phi) is 3.87. The molecule has 2 aliphatic rings. The van der Waals surface area contributed by atoms with E-state index in [2.05, 4.69) is 28.2 Å². The molecule has 4 nitrogen and oxygen atoms in total. The molecule has 2 bridgehead atoms. The highest BCUT2D eigenvalue weighted by molar-refractivity contribution is 6.42. The van der Waals surface area contributed by atoms with Gasteiger partial charge in [0.2, 0.25) is 5.89 Å². The first-order chi connectivity index (χ1) is 11.0. The number of aryl methyl sites for hydroxylation is 1. The monoisotopic (exact) mass is 351 g/mol. The summed E-state index contributed by atoms with van der Waals surface area (Å²) in [7, 11) is 2.21. The molecule has 0 aliphatic carbocycles. The number of halogens is 2.